The molecular formula is C18H25NO7S. The Bertz CT molecular complexity index is 791. The van der Waals surface area contributed by atoms with E-state index in [0.29, 0.717) is 24.3 Å². The predicted molar refractivity (Wildman–Crippen MR) is 98.7 cm³/mol. The molecule has 1 amide bonds. The van der Waals surface area contributed by atoms with Gasteiger partial charge in [0.15, 0.2) is 27.9 Å². The van der Waals surface area contributed by atoms with Crippen LogP contribution in [0.5, 0.6) is 11.5 Å². The fourth-order valence-corrected chi connectivity index (χ4v) is 4.66. The monoisotopic (exact) mass is 399 g/mol. The molecule has 1 aliphatic heterocycles. The first kappa shape index (κ1) is 21.0. The third kappa shape index (κ3) is 5.85. The maximum atomic E-state index is 12.1. The molecule has 0 aromatic heterocycles. The summed E-state index contributed by atoms with van der Waals surface area (Å²) < 4.78 is 38.4. The van der Waals surface area contributed by atoms with Crippen LogP contribution in [0.1, 0.15) is 18.4 Å². The van der Waals surface area contributed by atoms with Gasteiger partial charge in [0.1, 0.15) is 0 Å². The highest BCUT2D eigenvalue weighted by Crippen LogP contribution is 2.28. The van der Waals surface area contributed by atoms with Crippen molar-refractivity contribution < 1.29 is 32.2 Å². The number of rotatable bonds is 8. The Morgan fingerprint density at radius 2 is 1.89 bits per heavy atom. The summed E-state index contributed by atoms with van der Waals surface area (Å²) >= 11 is 0. The molecule has 8 nitrogen and oxygen atoms in total. The molecule has 1 aromatic carbocycles. The van der Waals surface area contributed by atoms with Crippen molar-refractivity contribution in [2.75, 3.05) is 39.4 Å². The Morgan fingerprint density at radius 1 is 1.19 bits per heavy atom. The zero-order valence-corrected chi connectivity index (χ0v) is 16.6. The van der Waals surface area contributed by atoms with Gasteiger partial charge in [-0.05, 0) is 30.5 Å². The normalized spacial score (nSPS) is 18.0. The lowest BCUT2D eigenvalue weighted by Gasteiger charge is -2.23. The maximum Gasteiger partial charge on any atom is 0.306 e. The van der Waals surface area contributed by atoms with Gasteiger partial charge in [-0.2, -0.15) is 0 Å². The molecule has 27 heavy (non-hydrogen) atoms. The minimum absolute atomic E-state index is 0.0392. The maximum absolute atomic E-state index is 12.1. The lowest BCUT2D eigenvalue weighted by molar-refractivity contribution is -0.152. The average molecular weight is 399 g/mol. The first-order valence-corrected chi connectivity index (χ1v) is 10.4. The van der Waals surface area contributed by atoms with Gasteiger partial charge in [0.2, 0.25) is 0 Å². The number of sulfone groups is 1. The SMILES string of the molecule is COc1ccc(CCC(=O)OCC(=O)N(C)[C@@H]2CCS(=O)(=O)C2)cc1OC. The molecule has 0 unspecified atom stereocenters. The van der Waals surface area contributed by atoms with E-state index in [4.69, 9.17) is 14.2 Å². The molecule has 0 spiro atoms. The van der Waals surface area contributed by atoms with Crippen molar-refractivity contribution in [3.05, 3.63) is 23.8 Å². The summed E-state index contributed by atoms with van der Waals surface area (Å²) in [6.07, 6.45) is 0.964. The van der Waals surface area contributed by atoms with E-state index in [9.17, 15) is 18.0 Å². The van der Waals surface area contributed by atoms with Crippen molar-refractivity contribution in [2.45, 2.75) is 25.3 Å². The minimum atomic E-state index is -3.08. The molecule has 0 aliphatic carbocycles. The van der Waals surface area contributed by atoms with Gasteiger partial charge in [-0.15, -0.1) is 0 Å². The molecular weight excluding hydrogens is 374 g/mol. The molecule has 1 saturated heterocycles. The number of esters is 1. The number of carbonyl (C=O) groups is 2. The highest BCUT2D eigenvalue weighted by molar-refractivity contribution is 7.91. The van der Waals surface area contributed by atoms with Crippen LogP contribution in [0.2, 0.25) is 0 Å². The van der Waals surface area contributed by atoms with Crippen LogP contribution in [0.4, 0.5) is 0 Å². The lowest BCUT2D eigenvalue weighted by atomic mass is 10.1. The summed E-state index contributed by atoms with van der Waals surface area (Å²) in [5.41, 5.74) is 0.879. The van der Waals surface area contributed by atoms with Gasteiger partial charge >= 0.3 is 5.97 Å². The van der Waals surface area contributed by atoms with E-state index in [1.165, 1.54) is 19.1 Å². The smallest absolute Gasteiger partial charge is 0.306 e. The first-order valence-electron chi connectivity index (χ1n) is 8.58. The van der Waals surface area contributed by atoms with Crippen LogP contribution >= 0.6 is 0 Å². The standard InChI is InChI=1S/C18H25NO7S/c1-19(14-8-9-27(22,23)12-14)17(20)11-26-18(21)7-5-13-4-6-15(24-2)16(10-13)25-3/h4,6,10,14H,5,7-9,11-12H2,1-3H3/t14-/m1/s1. The van der Waals surface area contributed by atoms with Crippen molar-refractivity contribution in [2.24, 2.45) is 0 Å². The van der Waals surface area contributed by atoms with E-state index in [2.05, 4.69) is 0 Å². The summed E-state index contributed by atoms with van der Waals surface area (Å²) in [7, 11) is 1.54. The van der Waals surface area contributed by atoms with E-state index in [1.807, 2.05) is 6.07 Å². The molecule has 9 heteroatoms. The number of ether oxygens (including phenoxy) is 3. The van der Waals surface area contributed by atoms with Crippen LogP contribution in [0.25, 0.3) is 0 Å². The van der Waals surface area contributed by atoms with Crippen LogP contribution in [0, 0.1) is 0 Å². The van der Waals surface area contributed by atoms with Crippen molar-refractivity contribution in [1.29, 1.82) is 0 Å². The molecule has 0 saturated carbocycles. The molecule has 0 radical (unpaired) electrons. The highest BCUT2D eigenvalue weighted by atomic mass is 32.2. The fourth-order valence-electron chi connectivity index (χ4n) is 2.88. The van der Waals surface area contributed by atoms with E-state index in [-0.39, 0.29) is 24.0 Å². The largest absolute Gasteiger partial charge is 0.493 e. The number of nitrogens with zero attached hydrogens (tertiary/aromatic N) is 1. The molecule has 2 rings (SSSR count). The van der Waals surface area contributed by atoms with E-state index < -0.39 is 28.3 Å². The Kier molecular flexibility index (Phi) is 7.06. The molecule has 0 bridgehead atoms. The number of amides is 1. The first-order chi connectivity index (χ1) is 12.8. The summed E-state index contributed by atoms with van der Waals surface area (Å²) in [6, 6.07) is 5.01. The van der Waals surface area contributed by atoms with Crippen LogP contribution in [-0.4, -0.2) is 70.6 Å². The van der Waals surface area contributed by atoms with Crippen molar-refractivity contribution in [1.82, 2.24) is 4.90 Å². The number of aryl methyl sites for hydroxylation is 1. The van der Waals surface area contributed by atoms with Crippen LogP contribution < -0.4 is 9.47 Å². The zero-order chi connectivity index (χ0) is 20.0. The molecule has 1 fully saturated rings. The number of hydrogen-bond donors (Lipinski definition) is 0. The third-order valence-electron chi connectivity index (χ3n) is 4.57. The second-order valence-electron chi connectivity index (χ2n) is 6.41. The number of methoxy groups -OCH3 is 2. The van der Waals surface area contributed by atoms with E-state index in [0.717, 1.165) is 5.56 Å². The summed E-state index contributed by atoms with van der Waals surface area (Å²) in [4.78, 5) is 25.4. The lowest BCUT2D eigenvalue weighted by Crippen LogP contribution is -2.40. The zero-order valence-electron chi connectivity index (χ0n) is 15.8. The van der Waals surface area contributed by atoms with Crippen molar-refractivity contribution >= 4 is 21.7 Å². The third-order valence-corrected chi connectivity index (χ3v) is 6.32. The van der Waals surface area contributed by atoms with Crippen LogP contribution in [-0.2, 0) is 30.6 Å². The molecule has 1 atom stereocenters. The minimum Gasteiger partial charge on any atom is -0.493 e. The van der Waals surface area contributed by atoms with Gasteiger partial charge in [-0.1, -0.05) is 6.07 Å². The molecule has 1 aromatic rings. The summed E-state index contributed by atoms with van der Waals surface area (Å²) in [5, 5.41) is 0. The number of carbonyl (C=O) groups excluding carboxylic acids is 2. The predicted octanol–water partition coefficient (Wildman–Crippen LogP) is 0.825. The molecule has 1 heterocycles. The van der Waals surface area contributed by atoms with E-state index in [1.54, 1.807) is 19.2 Å². The second-order valence-corrected chi connectivity index (χ2v) is 8.64. The van der Waals surface area contributed by atoms with E-state index >= 15 is 0 Å². The Morgan fingerprint density at radius 3 is 2.48 bits per heavy atom. The summed E-state index contributed by atoms with van der Waals surface area (Å²) in [5.74, 6) is 0.323. The molecule has 0 N–H and O–H groups in total. The van der Waals surface area contributed by atoms with Gasteiger partial charge in [-0.25, -0.2) is 8.42 Å². The van der Waals surface area contributed by atoms with Gasteiger partial charge in [0, 0.05) is 19.5 Å². The Hall–Kier alpha value is -2.29. The van der Waals surface area contributed by atoms with Crippen molar-refractivity contribution in [3.63, 3.8) is 0 Å². The van der Waals surface area contributed by atoms with Crippen molar-refractivity contribution in [3.8, 4) is 11.5 Å². The topological polar surface area (TPSA) is 99.2 Å². The number of likely N-dealkylation sites (N-methyl/N-ethyl adjacent to an activating group) is 1. The van der Waals surface area contributed by atoms with Gasteiger partial charge in [0.25, 0.3) is 5.91 Å². The fraction of sp³-hybridized carbons (Fsp3) is 0.556. The Labute approximate surface area is 159 Å². The molecule has 150 valence electrons. The number of benzene rings is 1. The highest BCUT2D eigenvalue weighted by Gasteiger charge is 2.32. The average Bonchev–Trinajstić information content (AvgIpc) is 3.03. The summed E-state index contributed by atoms with van der Waals surface area (Å²) in [6.45, 7) is -0.391. The number of hydrogen-bond acceptors (Lipinski definition) is 7. The van der Waals surface area contributed by atoms with Gasteiger partial charge in [0.05, 0.1) is 25.7 Å². The Balaban J connectivity index is 1.78. The quantitative estimate of drug-likeness (QED) is 0.597. The second kappa shape index (κ2) is 9.07. The van der Waals surface area contributed by atoms with Gasteiger partial charge < -0.3 is 19.1 Å². The van der Waals surface area contributed by atoms with Gasteiger partial charge in [-0.3, -0.25) is 9.59 Å². The molecule has 1 aliphatic rings. The van der Waals surface area contributed by atoms with Crippen LogP contribution in [0.3, 0.4) is 0 Å². The van der Waals surface area contributed by atoms with Crippen LogP contribution in [0.15, 0.2) is 18.2 Å².